The summed E-state index contributed by atoms with van der Waals surface area (Å²) >= 11 is 0. The van der Waals surface area contributed by atoms with Crippen molar-refractivity contribution in [3.63, 3.8) is 0 Å². The molecule has 0 atom stereocenters. The van der Waals surface area contributed by atoms with Gasteiger partial charge in [-0.15, -0.1) is 10.2 Å². The van der Waals surface area contributed by atoms with E-state index in [-0.39, 0.29) is 5.91 Å². The van der Waals surface area contributed by atoms with Crippen LogP contribution in [0.25, 0.3) is 11.3 Å². The molecule has 0 bridgehead atoms. The van der Waals surface area contributed by atoms with Crippen LogP contribution in [0.2, 0.25) is 0 Å². The maximum absolute atomic E-state index is 12.4. The van der Waals surface area contributed by atoms with Crippen LogP contribution in [-0.2, 0) is 11.2 Å². The van der Waals surface area contributed by atoms with Gasteiger partial charge in [-0.25, -0.2) is 0 Å². The second-order valence-electron chi connectivity index (χ2n) is 7.80. The molecule has 0 radical (unpaired) electrons. The van der Waals surface area contributed by atoms with E-state index in [1.54, 1.807) is 0 Å². The number of hydrogen-bond donors (Lipinski definition) is 1. The number of aryl methyl sites for hydroxylation is 1. The Kier molecular flexibility index (Phi) is 6.05. The quantitative estimate of drug-likeness (QED) is 0.710. The number of carbonyl (C=O) groups is 1. The van der Waals surface area contributed by atoms with Crippen LogP contribution >= 0.6 is 0 Å². The van der Waals surface area contributed by atoms with Crippen LogP contribution in [0.5, 0.6) is 0 Å². The Morgan fingerprint density at radius 3 is 2.33 bits per heavy atom. The third-order valence-corrected chi connectivity index (χ3v) is 5.55. The fourth-order valence-electron chi connectivity index (χ4n) is 3.59. The highest BCUT2D eigenvalue weighted by molar-refractivity contribution is 5.92. The molecule has 0 saturated carbocycles. The van der Waals surface area contributed by atoms with E-state index in [1.165, 1.54) is 0 Å². The van der Waals surface area contributed by atoms with Gasteiger partial charge in [0.15, 0.2) is 5.82 Å². The maximum Gasteiger partial charge on any atom is 0.228 e. The molecule has 1 aliphatic heterocycles. The molecule has 6 nitrogen and oxygen atoms in total. The monoisotopic (exact) mass is 401 g/mol. The molecule has 2 aromatic carbocycles. The number of amides is 1. The van der Waals surface area contributed by atoms with E-state index in [1.807, 2.05) is 67.6 Å². The van der Waals surface area contributed by atoms with Gasteiger partial charge in [-0.05, 0) is 49.4 Å². The van der Waals surface area contributed by atoms with E-state index in [0.717, 1.165) is 60.1 Å². The van der Waals surface area contributed by atoms with Crippen molar-refractivity contribution in [2.75, 3.05) is 43.4 Å². The van der Waals surface area contributed by atoms with Crippen LogP contribution in [0.4, 0.5) is 11.5 Å². The zero-order valence-corrected chi connectivity index (χ0v) is 17.5. The van der Waals surface area contributed by atoms with E-state index in [9.17, 15) is 4.79 Å². The Labute approximate surface area is 177 Å². The summed E-state index contributed by atoms with van der Waals surface area (Å²) in [5.74, 6) is 0.903. The summed E-state index contributed by atoms with van der Waals surface area (Å²) in [6, 6.07) is 19.7. The molecule has 1 saturated heterocycles. The predicted octanol–water partition coefficient (Wildman–Crippen LogP) is 3.39. The summed E-state index contributed by atoms with van der Waals surface area (Å²) < 4.78 is 0. The highest BCUT2D eigenvalue weighted by Crippen LogP contribution is 2.21. The van der Waals surface area contributed by atoms with Crippen LogP contribution in [-0.4, -0.2) is 54.2 Å². The normalized spacial score (nSPS) is 14.5. The lowest BCUT2D eigenvalue weighted by Crippen LogP contribution is -2.44. The predicted molar refractivity (Wildman–Crippen MR) is 121 cm³/mol. The Balaban J connectivity index is 1.37. The highest BCUT2D eigenvalue weighted by atomic mass is 16.1. The lowest BCUT2D eigenvalue weighted by atomic mass is 10.1. The zero-order valence-electron chi connectivity index (χ0n) is 17.5. The third-order valence-electron chi connectivity index (χ3n) is 5.55. The summed E-state index contributed by atoms with van der Waals surface area (Å²) in [5, 5.41) is 11.8. The summed E-state index contributed by atoms with van der Waals surface area (Å²) in [6.45, 7) is 6.05. The highest BCUT2D eigenvalue weighted by Gasteiger charge is 2.15. The van der Waals surface area contributed by atoms with Crippen LogP contribution in [0.15, 0.2) is 60.7 Å². The van der Waals surface area contributed by atoms with Crippen molar-refractivity contribution in [2.24, 2.45) is 0 Å². The minimum Gasteiger partial charge on any atom is -0.353 e. The second-order valence-corrected chi connectivity index (χ2v) is 7.80. The molecule has 1 aromatic heterocycles. The summed E-state index contributed by atoms with van der Waals surface area (Å²) in [7, 11) is 2.14. The standard InChI is InChI=1S/C24H27N5O/c1-18-5-3-4-6-20(18)17-24(30)25-21-9-7-19(8-10-21)22-11-12-23(27-26-22)29-15-13-28(2)14-16-29/h3-12H,13-17H2,1-2H3,(H,25,30). The molecule has 0 aliphatic carbocycles. The number of likely N-dealkylation sites (N-methyl/N-ethyl adjacent to an activating group) is 1. The van der Waals surface area contributed by atoms with Crippen molar-refractivity contribution in [1.29, 1.82) is 0 Å². The van der Waals surface area contributed by atoms with Crippen molar-refractivity contribution < 1.29 is 4.79 Å². The van der Waals surface area contributed by atoms with E-state index in [0.29, 0.717) is 6.42 Å². The minimum atomic E-state index is -0.0200. The molecular formula is C24H27N5O. The smallest absolute Gasteiger partial charge is 0.228 e. The van der Waals surface area contributed by atoms with Crippen molar-refractivity contribution >= 4 is 17.4 Å². The molecule has 3 aromatic rings. The lowest BCUT2D eigenvalue weighted by Gasteiger charge is -2.32. The van der Waals surface area contributed by atoms with Crippen LogP contribution in [0, 0.1) is 6.92 Å². The molecule has 30 heavy (non-hydrogen) atoms. The number of carbonyl (C=O) groups excluding carboxylic acids is 1. The van der Waals surface area contributed by atoms with Gasteiger partial charge < -0.3 is 15.1 Å². The molecule has 4 rings (SSSR count). The summed E-state index contributed by atoms with van der Waals surface area (Å²) in [5.41, 5.74) is 4.75. The summed E-state index contributed by atoms with van der Waals surface area (Å²) in [4.78, 5) is 16.9. The second kappa shape index (κ2) is 9.05. The van der Waals surface area contributed by atoms with Gasteiger partial charge in [-0.1, -0.05) is 36.4 Å². The molecule has 1 fully saturated rings. The molecule has 1 amide bonds. The first-order valence-electron chi connectivity index (χ1n) is 10.3. The summed E-state index contributed by atoms with van der Waals surface area (Å²) in [6.07, 6.45) is 0.369. The van der Waals surface area contributed by atoms with Crippen molar-refractivity contribution in [1.82, 2.24) is 15.1 Å². The SMILES string of the molecule is Cc1ccccc1CC(=O)Nc1ccc(-c2ccc(N3CCN(C)CC3)nn2)cc1. The molecular weight excluding hydrogens is 374 g/mol. The fraction of sp³-hybridized carbons (Fsp3) is 0.292. The first-order chi connectivity index (χ1) is 14.6. The number of anilines is 2. The van der Waals surface area contributed by atoms with Crippen LogP contribution < -0.4 is 10.2 Å². The average molecular weight is 402 g/mol. The van der Waals surface area contributed by atoms with Gasteiger partial charge in [0.2, 0.25) is 5.91 Å². The largest absolute Gasteiger partial charge is 0.353 e. The molecule has 0 unspecified atom stereocenters. The lowest BCUT2D eigenvalue weighted by molar-refractivity contribution is -0.115. The molecule has 1 N–H and O–H groups in total. The van der Waals surface area contributed by atoms with Crippen LogP contribution in [0.1, 0.15) is 11.1 Å². The molecule has 6 heteroatoms. The zero-order chi connectivity index (χ0) is 20.9. The topological polar surface area (TPSA) is 61.4 Å². The van der Waals surface area contributed by atoms with Gasteiger partial charge in [0.25, 0.3) is 0 Å². The number of hydrogen-bond acceptors (Lipinski definition) is 5. The first-order valence-corrected chi connectivity index (χ1v) is 10.3. The van der Waals surface area contributed by atoms with E-state index in [4.69, 9.17) is 0 Å². The van der Waals surface area contributed by atoms with E-state index in [2.05, 4.69) is 32.4 Å². The Bertz CT molecular complexity index is 993. The third kappa shape index (κ3) is 4.83. The Morgan fingerprint density at radius 2 is 1.67 bits per heavy atom. The Hall–Kier alpha value is -3.25. The average Bonchev–Trinajstić information content (AvgIpc) is 2.77. The van der Waals surface area contributed by atoms with Gasteiger partial charge in [0.05, 0.1) is 12.1 Å². The number of rotatable bonds is 5. The molecule has 2 heterocycles. The Morgan fingerprint density at radius 1 is 0.933 bits per heavy atom. The van der Waals surface area contributed by atoms with Crippen molar-refractivity contribution in [2.45, 2.75) is 13.3 Å². The van der Waals surface area contributed by atoms with Gasteiger partial charge in [-0.2, -0.15) is 0 Å². The van der Waals surface area contributed by atoms with E-state index < -0.39 is 0 Å². The minimum absolute atomic E-state index is 0.0200. The molecule has 0 spiro atoms. The van der Waals surface area contributed by atoms with Crippen LogP contribution in [0.3, 0.4) is 0 Å². The van der Waals surface area contributed by atoms with Gasteiger partial charge in [0.1, 0.15) is 0 Å². The van der Waals surface area contributed by atoms with Gasteiger partial charge in [-0.3, -0.25) is 4.79 Å². The van der Waals surface area contributed by atoms with Gasteiger partial charge >= 0.3 is 0 Å². The van der Waals surface area contributed by atoms with Crippen molar-refractivity contribution in [3.05, 3.63) is 71.8 Å². The number of nitrogens with zero attached hydrogens (tertiary/aromatic N) is 4. The first kappa shape index (κ1) is 20.0. The van der Waals surface area contributed by atoms with Crippen molar-refractivity contribution in [3.8, 4) is 11.3 Å². The van der Waals surface area contributed by atoms with E-state index >= 15 is 0 Å². The number of benzene rings is 2. The fourth-order valence-corrected chi connectivity index (χ4v) is 3.59. The van der Waals surface area contributed by atoms with Gasteiger partial charge in [0, 0.05) is 37.4 Å². The number of nitrogens with one attached hydrogen (secondary N) is 1. The number of piperazine rings is 1. The number of aromatic nitrogens is 2. The maximum atomic E-state index is 12.4. The molecule has 1 aliphatic rings. The molecule has 154 valence electrons.